The lowest BCUT2D eigenvalue weighted by atomic mass is 10.1. The zero-order chi connectivity index (χ0) is 20.1. The van der Waals surface area contributed by atoms with Gasteiger partial charge in [-0.2, -0.15) is 0 Å². The highest BCUT2D eigenvalue weighted by Crippen LogP contribution is 2.36. The molecule has 0 atom stereocenters. The maximum Gasteiger partial charge on any atom is 0.232 e. The Balaban J connectivity index is 1.56. The first kappa shape index (κ1) is 20.0. The highest BCUT2D eigenvalue weighted by Gasteiger charge is 2.21. The number of carbonyl (C=O) groups excluding carboxylic acids is 1. The molecule has 8 heteroatoms. The number of anilines is 1. The molecule has 7 nitrogen and oxygen atoms in total. The summed E-state index contributed by atoms with van der Waals surface area (Å²) in [5.41, 5.74) is 2.68. The minimum Gasteiger partial charge on any atom is -0.454 e. The fraction of sp³-hybridized carbons (Fsp3) is 0.350. The van der Waals surface area contributed by atoms with Crippen LogP contribution in [0.25, 0.3) is 0 Å². The summed E-state index contributed by atoms with van der Waals surface area (Å²) >= 11 is 0. The lowest BCUT2D eigenvalue weighted by molar-refractivity contribution is -0.121. The highest BCUT2D eigenvalue weighted by molar-refractivity contribution is 7.92. The summed E-state index contributed by atoms with van der Waals surface area (Å²) in [6, 6.07) is 12.9. The topological polar surface area (TPSA) is 84.9 Å². The molecule has 2 aromatic carbocycles. The van der Waals surface area contributed by atoms with Crippen molar-refractivity contribution in [1.82, 2.24) is 5.32 Å². The molecule has 2 aromatic rings. The number of benzene rings is 2. The first-order valence-electron chi connectivity index (χ1n) is 9.03. The normalized spacial score (nSPS) is 12.6. The van der Waals surface area contributed by atoms with Gasteiger partial charge >= 0.3 is 0 Å². The van der Waals surface area contributed by atoms with Gasteiger partial charge in [0.25, 0.3) is 0 Å². The number of hydrogen-bond donors (Lipinski definition) is 1. The Morgan fingerprint density at radius 3 is 2.64 bits per heavy atom. The van der Waals surface area contributed by atoms with E-state index in [9.17, 15) is 13.2 Å². The Morgan fingerprint density at radius 1 is 1.14 bits per heavy atom. The number of ether oxygens (including phenoxy) is 2. The molecular weight excluding hydrogens is 380 g/mol. The second kappa shape index (κ2) is 8.52. The highest BCUT2D eigenvalue weighted by atomic mass is 32.2. The molecule has 1 heterocycles. The van der Waals surface area contributed by atoms with Gasteiger partial charge in [-0.15, -0.1) is 0 Å². The van der Waals surface area contributed by atoms with E-state index in [2.05, 4.69) is 5.32 Å². The van der Waals surface area contributed by atoms with Crippen LogP contribution >= 0.6 is 0 Å². The third kappa shape index (κ3) is 4.95. The van der Waals surface area contributed by atoms with Crippen LogP contribution < -0.4 is 19.1 Å². The van der Waals surface area contributed by atoms with Crippen LogP contribution in [0.5, 0.6) is 11.5 Å². The number of hydrogen-bond acceptors (Lipinski definition) is 5. The van der Waals surface area contributed by atoms with E-state index in [0.717, 1.165) is 17.4 Å². The van der Waals surface area contributed by atoms with Crippen molar-refractivity contribution in [2.45, 2.75) is 26.3 Å². The first-order chi connectivity index (χ1) is 13.3. The van der Waals surface area contributed by atoms with Gasteiger partial charge in [-0.25, -0.2) is 8.42 Å². The van der Waals surface area contributed by atoms with Crippen molar-refractivity contribution in [3.05, 3.63) is 53.6 Å². The molecule has 1 aliphatic rings. The molecule has 0 saturated heterocycles. The number of aryl methyl sites for hydroxylation is 1. The van der Waals surface area contributed by atoms with Gasteiger partial charge in [-0.05, 0) is 36.6 Å². The van der Waals surface area contributed by atoms with E-state index >= 15 is 0 Å². The zero-order valence-corrected chi connectivity index (χ0v) is 16.8. The number of fused-ring (bicyclic) bond motifs is 1. The predicted octanol–water partition coefficient (Wildman–Crippen LogP) is 2.59. The Hall–Kier alpha value is -2.74. The lowest BCUT2D eigenvalue weighted by Crippen LogP contribution is -2.32. The Kier molecular flexibility index (Phi) is 6.08. The molecular formula is C20H24N2O5S. The summed E-state index contributed by atoms with van der Waals surface area (Å²) in [6.45, 7) is 2.79. The van der Waals surface area contributed by atoms with E-state index in [4.69, 9.17) is 9.47 Å². The van der Waals surface area contributed by atoms with Crippen LogP contribution in [0, 0.1) is 6.92 Å². The van der Waals surface area contributed by atoms with Crippen molar-refractivity contribution in [2.24, 2.45) is 0 Å². The standard InChI is InChI=1S/C20H24N2O5S/c1-15-6-3-4-7-16(15)13-21-20(23)8-5-11-22(28(2,24)25)17-9-10-18-19(12-17)27-14-26-18/h3-4,6-7,9-10,12H,5,8,11,13-14H2,1-2H3,(H,21,23). The van der Waals surface area contributed by atoms with E-state index in [-0.39, 0.29) is 25.7 Å². The molecule has 3 rings (SSSR count). The van der Waals surface area contributed by atoms with Crippen LogP contribution in [0.1, 0.15) is 24.0 Å². The van der Waals surface area contributed by atoms with Gasteiger partial charge in [-0.3, -0.25) is 9.10 Å². The summed E-state index contributed by atoms with van der Waals surface area (Å²) < 4.78 is 36.3. The Labute approximate surface area is 165 Å². The fourth-order valence-electron chi connectivity index (χ4n) is 3.00. The Morgan fingerprint density at radius 2 is 1.89 bits per heavy atom. The van der Waals surface area contributed by atoms with E-state index < -0.39 is 10.0 Å². The molecule has 0 fully saturated rings. The molecule has 1 aliphatic heterocycles. The molecule has 28 heavy (non-hydrogen) atoms. The van der Waals surface area contributed by atoms with E-state index in [1.165, 1.54) is 4.31 Å². The maximum atomic E-state index is 12.2. The minimum atomic E-state index is -3.49. The number of nitrogens with zero attached hydrogens (tertiary/aromatic N) is 1. The first-order valence-corrected chi connectivity index (χ1v) is 10.9. The van der Waals surface area contributed by atoms with Gasteiger partial charge < -0.3 is 14.8 Å². The van der Waals surface area contributed by atoms with Crippen LogP contribution in [0.2, 0.25) is 0 Å². The summed E-state index contributed by atoms with van der Waals surface area (Å²) in [4.78, 5) is 12.1. The average Bonchev–Trinajstić information content (AvgIpc) is 3.11. The Bertz CT molecular complexity index is 959. The quantitative estimate of drug-likeness (QED) is 0.731. The van der Waals surface area contributed by atoms with E-state index in [1.54, 1.807) is 18.2 Å². The molecule has 0 bridgehead atoms. The lowest BCUT2D eigenvalue weighted by Gasteiger charge is -2.22. The monoisotopic (exact) mass is 404 g/mol. The van der Waals surface area contributed by atoms with Crippen molar-refractivity contribution in [1.29, 1.82) is 0 Å². The fourth-order valence-corrected chi connectivity index (χ4v) is 3.96. The van der Waals surface area contributed by atoms with E-state index in [1.807, 2.05) is 31.2 Å². The van der Waals surface area contributed by atoms with Crippen LogP contribution in [0.3, 0.4) is 0 Å². The van der Waals surface area contributed by atoms with Gasteiger partial charge in [0.15, 0.2) is 11.5 Å². The SMILES string of the molecule is Cc1ccccc1CNC(=O)CCCN(c1ccc2c(c1)OCO2)S(C)(=O)=O. The van der Waals surface area contributed by atoms with Crippen molar-refractivity contribution < 1.29 is 22.7 Å². The van der Waals surface area contributed by atoms with Crippen LogP contribution in [0.4, 0.5) is 5.69 Å². The number of sulfonamides is 1. The zero-order valence-electron chi connectivity index (χ0n) is 16.0. The van der Waals surface area contributed by atoms with Crippen molar-refractivity contribution in [2.75, 3.05) is 23.9 Å². The third-order valence-corrected chi connectivity index (χ3v) is 5.74. The van der Waals surface area contributed by atoms with Crippen LogP contribution in [0.15, 0.2) is 42.5 Å². The van der Waals surface area contributed by atoms with Gasteiger partial charge in [-0.1, -0.05) is 24.3 Å². The summed E-state index contributed by atoms with van der Waals surface area (Å²) in [5.74, 6) is 0.997. The van der Waals surface area contributed by atoms with Crippen LogP contribution in [-0.4, -0.2) is 33.9 Å². The van der Waals surface area contributed by atoms with Gasteiger partial charge in [0.05, 0.1) is 11.9 Å². The number of nitrogens with one attached hydrogen (secondary N) is 1. The van der Waals surface area contributed by atoms with Crippen molar-refractivity contribution >= 4 is 21.6 Å². The second-order valence-corrected chi connectivity index (χ2v) is 8.59. The minimum absolute atomic E-state index is 0.109. The van der Waals surface area contributed by atoms with Crippen LogP contribution in [-0.2, 0) is 21.4 Å². The number of carbonyl (C=O) groups is 1. The molecule has 0 radical (unpaired) electrons. The summed E-state index contributed by atoms with van der Waals surface area (Å²) in [7, 11) is -3.49. The predicted molar refractivity (Wildman–Crippen MR) is 107 cm³/mol. The molecule has 150 valence electrons. The molecule has 0 spiro atoms. The second-order valence-electron chi connectivity index (χ2n) is 6.68. The molecule has 1 N–H and O–H groups in total. The van der Waals surface area contributed by atoms with Crippen molar-refractivity contribution in [3.8, 4) is 11.5 Å². The molecule has 0 aromatic heterocycles. The average molecular weight is 404 g/mol. The van der Waals surface area contributed by atoms with Gasteiger partial charge in [0.1, 0.15) is 0 Å². The maximum absolute atomic E-state index is 12.2. The molecule has 1 amide bonds. The third-order valence-electron chi connectivity index (χ3n) is 4.55. The van der Waals surface area contributed by atoms with Gasteiger partial charge in [0, 0.05) is 25.6 Å². The number of amides is 1. The van der Waals surface area contributed by atoms with Gasteiger partial charge in [0.2, 0.25) is 22.7 Å². The smallest absolute Gasteiger partial charge is 0.232 e. The summed E-state index contributed by atoms with van der Waals surface area (Å²) in [5, 5.41) is 2.88. The van der Waals surface area contributed by atoms with E-state index in [0.29, 0.717) is 30.2 Å². The largest absolute Gasteiger partial charge is 0.454 e. The molecule has 0 aliphatic carbocycles. The van der Waals surface area contributed by atoms with Crippen molar-refractivity contribution in [3.63, 3.8) is 0 Å². The summed E-state index contributed by atoms with van der Waals surface area (Å²) in [6.07, 6.45) is 1.79. The number of rotatable bonds is 8. The molecule has 0 saturated carbocycles. The molecule has 0 unspecified atom stereocenters.